The van der Waals surface area contributed by atoms with Crippen LogP contribution in [0.3, 0.4) is 0 Å². The van der Waals surface area contributed by atoms with Crippen LogP contribution in [-0.4, -0.2) is 19.8 Å². The van der Waals surface area contributed by atoms with Crippen LogP contribution in [0, 0.1) is 0 Å². The smallest absolute Gasteiger partial charge is 0.789 e. The average molecular weight is 340 g/mol. The van der Waals surface area contributed by atoms with Crippen molar-refractivity contribution in [3.63, 3.8) is 0 Å². The van der Waals surface area contributed by atoms with E-state index in [4.69, 9.17) is 9.79 Å². The van der Waals surface area contributed by atoms with Gasteiger partial charge in [0, 0.05) is 0 Å². The Morgan fingerprint density at radius 3 is 2.10 bits per heavy atom. The number of nitrogens with zero attached hydrogens (tertiary/aromatic N) is 1. The number of phosphoric acid groups is 2. The zero-order chi connectivity index (χ0) is 13.8. The molecule has 0 saturated carbocycles. The Morgan fingerprint density at radius 2 is 1.70 bits per heavy atom. The molecule has 13 heteroatoms. The van der Waals surface area contributed by atoms with Crippen molar-refractivity contribution in [1.29, 1.82) is 0 Å². The second kappa shape index (κ2) is 9.86. The molecule has 2 aromatic rings. The number of H-pyrrole nitrogens is 1. The average Bonchev–Trinajstić information content (AvgIpc) is 2.59. The van der Waals surface area contributed by atoms with Gasteiger partial charge >= 0.3 is 66.9 Å². The molecule has 1 aromatic carbocycles. The second-order valence-corrected chi connectivity index (χ2v) is 5.47. The summed E-state index contributed by atoms with van der Waals surface area (Å²) in [6.45, 7) is 0. The molecule has 9 nitrogen and oxygen atoms in total. The molecule has 2 rings (SSSR count). The predicted octanol–water partition coefficient (Wildman–Crippen LogP) is -6.50. The maximum absolute atomic E-state index is 9.55. The standard InChI is InChI=1S/C7H6N2.2Na.H4O7P2/c1-2-4-7-6(3-1)8-5-9-7;;;1-8(2,3)7-9(4,5)6/h1-5H,(H,8,9);;;(H2,1,2,3)(H2,4,5,6)/q;2*+1;/p-2. The Bertz CT molecular complexity index is 560. The Kier molecular flexibility index (Phi) is 11.5. The third-order valence-corrected chi connectivity index (χ3v) is 3.19. The first-order valence-corrected chi connectivity index (χ1v) is 7.33. The van der Waals surface area contributed by atoms with Crippen LogP contribution in [0.4, 0.5) is 0 Å². The number of imidazole rings is 1. The van der Waals surface area contributed by atoms with Crippen LogP contribution in [0.1, 0.15) is 0 Å². The van der Waals surface area contributed by atoms with Crippen LogP contribution in [0.5, 0.6) is 0 Å². The van der Waals surface area contributed by atoms with Crippen LogP contribution in [0.2, 0.25) is 0 Å². The molecule has 20 heavy (non-hydrogen) atoms. The van der Waals surface area contributed by atoms with Crippen LogP contribution in [0.15, 0.2) is 30.6 Å². The molecular weight excluding hydrogens is 332 g/mol. The van der Waals surface area contributed by atoms with Gasteiger partial charge in [0.2, 0.25) is 0 Å². The van der Waals surface area contributed by atoms with Crippen LogP contribution < -0.4 is 68.9 Å². The van der Waals surface area contributed by atoms with E-state index in [9.17, 15) is 18.9 Å². The van der Waals surface area contributed by atoms with Gasteiger partial charge in [-0.25, -0.2) is 9.55 Å². The molecule has 0 amide bonds. The van der Waals surface area contributed by atoms with Crippen molar-refractivity contribution in [3.05, 3.63) is 30.6 Å². The summed E-state index contributed by atoms with van der Waals surface area (Å²) < 4.78 is 21.7. The van der Waals surface area contributed by atoms with Crippen LogP contribution >= 0.6 is 15.6 Å². The number of hydrogen-bond acceptors (Lipinski definition) is 6. The summed E-state index contributed by atoms with van der Waals surface area (Å²) >= 11 is 0. The quantitative estimate of drug-likeness (QED) is 0.359. The van der Waals surface area contributed by atoms with Crippen molar-refractivity contribution >= 4 is 26.7 Å². The molecule has 0 aliphatic rings. The summed E-state index contributed by atoms with van der Waals surface area (Å²) in [6, 6.07) is 7.94. The van der Waals surface area contributed by atoms with E-state index in [0.717, 1.165) is 11.0 Å². The molecule has 1 heterocycles. The van der Waals surface area contributed by atoms with Gasteiger partial charge in [0.15, 0.2) is 0 Å². The molecule has 0 aliphatic carbocycles. The summed E-state index contributed by atoms with van der Waals surface area (Å²) in [4.78, 5) is 41.2. The number of fused-ring (bicyclic) bond motifs is 1. The van der Waals surface area contributed by atoms with Gasteiger partial charge in [0.1, 0.15) is 0 Å². The van der Waals surface area contributed by atoms with Gasteiger partial charge in [-0.2, -0.15) is 0 Å². The predicted molar refractivity (Wildman–Crippen MR) is 56.8 cm³/mol. The first-order chi connectivity index (χ1) is 8.17. The number of aromatic amines is 1. The van der Waals surface area contributed by atoms with E-state index < -0.39 is 15.6 Å². The topological polar surface area (TPSA) is 159 Å². The van der Waals surface area contributed by atoms with E-state index in [1.165, 1.54) is 0 Å². The summed E-state index contributed by atoms with van der Waals surface area (Å²) in [5, 5.41) is 0. The van der Waals surface area contributed by atoms with E-state index in [0.29, 0.717) is 0 Å². The van der Waals surface area contributed by atoms with E-state index in [-0.39, 0.29) is 59.1 Å². The van der Waals surface area contributed by atoms with Gasteiger partial charge in [-0.1, -0.05) is 12.1 Å². The van der Waals surface area contributed by atoms with Gasteiger partial charge < -0.3 is 29.1 Å². The first-order valence-electron chi connectivity index (χ1n) is 4.34. The maximum Gasteiger partial charge on any atom is 1.00 e. The van der Waals surface area contributed by atoms with Gasteiger partial charge in [0.05, 0.1) is 25.2 Å². The number of para-hydroxylation sites is 2. The van der Waals surface area contributed by atoms with Crippen molar-refractivity contribution < 1.29 is 92.1 Å². The Labute approximate surface area is 158 Å². The second-order valence-electron chi connectivity index (χ2n) is 2.94. The Balaban J connectivity index is 0. The molecule has 0 atom stereocenters. The normalized spacial score (nSPS) is 10.8. The molecule has 100 valence electrons. The van der Waals surface area contributed by atoms with Gasteiger partial charge in [-0.15, -0.1) is 0 Å². The van der Waals surface area contributed by atoms with Gasteiger partial charge in [-0.3, -0.25) is 4.31 Å². The molecule has 3 N–H and O–H groups in total. The van der Waals surface area contributed by atoms with E-state index >= 15 is 0 Å². The fourth-order valence-corrected chi connectivity index (χ4v) is 2.05. The number of rotatable bonds is 2. The SMILES string of the molecule is O=P([O-])([O-])OP(=O)(O)O.[Na+].[Na+].c1ccc2[nH]cnc2c1. The number of aromatic nitrogens is 2. The largest absolute Gasteiger partial charge is 1.00 e. The number of nitrogens with one attached hydrogen (secondary N) is 1. The van der Waals surface area contributed by atoms with Crippen LogP contribution in [-0.2, 0) is 13.4 Å². The molecule has 0 aliphatic heterocycles. The van der Waals surface area contributed by atoms with Crippen molar-refractivity contribution in [2.75, 3.05) is 0 Å². The first kappa shape index (κ1) is 23.2. The van der Waals surface area contributed by atoms with E-state index in [1.807, 2.05) is 24.3 Å². The molecule has 0 radical (unpaired) electrons. The minimum atomic E-state index is -5.55. The molecule has 0 bridgehead atoms. The van der Waals surface area contributed by atoms with Gasteiger partial charge in [-0.05, 0) is 12.1 Å². The molecule has 0 fully saturated rings. The minimum absolute atomic E-state index is 0. The summed E-state index contributed by atoms with van der Waals surface area (Å²) in [7, 11) is -10.7. The van der Waals surface area contributed by atoms with Crippen molar-refractivity contribution in [2.45, 2.75) is 0 Å². The summed E-state index contributed by atoms with van der Waals surface area (Å²) in [5.41, 5.74) is 2.12. The van der Waals surface area contributed by atoms with Crippen LogP contribution in [0.25, 0.3) is 11.0 Å². The fraction of sp³-hybridized carbons (Fsp3) is 0. The van der Waals surface area contributed by atoms with Gasteiger partial charge in [0.25, 0.3) is 0 Å². The van der Waals surface area contributed by atoms with Crippen molar-refractivity contribution in [2.24, 2.45) is 0 Å². The monoisotopic (exact) mass is 340 g/mol. The fourth-order valence-electron chi connectivity index (χ4n) is 1.01. The maximum atomic E-state index is 9.55. The zero-order valence-electron chi connectivity index (χ0n) is 10.7. The molecular formula is C7H8N2Na2O7P2. The van der Waals surface area contributed by atoms with Crippen molar-refractivity contribution in [3.8, 4) is 0 Å². The zero-order valence-corrected chi connectivity index (χ0v) is 16.5. The Hall–Kier alpha value is 0.950. The Morgan fingerprint density at radius 1 is 1.15 bits per heavy atom. The minimum Gasteiger partial charge on any atom is -0.789 e. The number of hydrogen-bond donors (Lipinski definition) is 3. The molecule has 0 unspecified atom stereocenters. The third-order valence-electron chi connectivity index (χ3n) is 1.53. The van der Waals surface area contributed by atoms with Crippen molar-refractivity contribution in [1.82, 2.24) is 9.97 Å². The van der Waals surface area contributed by atoms with E-state index in [2.05, 4.69) is 14.3 Å². The van der Waals surface area contributed by atoms with E-state index in [1.54, 1.807) is 6.33 Å². The third kappa shape index (κ3) is 10.6. The molecule has 0 saturated heterocycles. The molecule has 0 spiro atoms. The molecule has 1 aromatic heterocycles. The summed E-state index contributed by atoms with van der Waals surface area (Å²) in [5.74, 6) is 0. The summed E-state index contributed by atoms with van der Waals surface area (Å²) in [6.07, 6.45) is 1.70. The number of benzene rings is 1.